The lowest BCUT2D eigenvalue weighted by atomic mass is 10.1. The van der Waals surface area contributed by atoms with Gasteiger partial charge in [0.2, 0.25) is 0 Å². The van der Waals surface area contributed by atoms with Gasteiger partial charge in [-0.05, 0) is 29.8 Å². The first kappa shape index (κ1) is 11.3. The smallest absolute Gasteiger partial charge is 0.119 e. The first-order valence-corrected chi connectivity index (χ1v) is 4.71. The summed E-state index contributed by atoms with van der Waals surface area (Å²) >= 11 is 0. The molecule has 2 nitrogen and oxygen atoms in total. The average molecular weight is 214 g/mol. The normalized spacial score (nSPS) is 14.7. The van der Waals surface area contributed by atoms with Gasteiger partial charge in [-0.1, -0.05) is 13.0 Å². The number of halogens is 1. The largest absolute Gasteiger partial charge is 0.497 e. The Kier molecular flexibility index (Phi) is 3.78. The molecular weight excluding hydrogens is 198 g/mol. The van der Waals surface area contributed by atoms with Gasteiger partial charge < -0.3 is 4.74 Å². The number of nitrogens with zero attached hydrogens (tertiary/aromatic N) is 1. The molecule has 0 fully saturated rings. The Hall–Kier alpha value is -0.730. The molecule has 0 N–H and O–H groups in total. The zero-order valence-corrected chi connectivity index (χ0v) is 9.43. The highest BCUT2D eigenvalue weighted by Gasteiger charge is 2.17. The first-order chi connectivity index (χ1) is 6.33. The van der Waals surface area contributed by atoms with E-state index >= 15 is 0 Å². The summed E-state index contributed by atoms with van der Waals surface area (Å²) in [6.07, 6.45) is 0. The molecular formula is C11H16ClNO. The quantitative estimate of drug-likeness (QED) is 0.749. The maximum Gasteiger partial charge on any atom is 0.119 e. The summed E-state index contributed by atoms with van der Waals surface area (Å²) in [6, 6.07) is 6.35. The fourth-order valence-electron chi connectivity index (χ4n) is 1.79. The van der Waals surface area contributed by atoms with Crippen molar-refractivity contribution < 1.29 is 4.74 Å². The first-order valence-electron chi connectivity index (χ1n) is 4.71. The van der Waals surface area contributed by atoms with Crippen LogP contribution in [-0.2, 0) is 13.1 Å². The maximum absolute atomic E-state index is 5.19. The highest BCUT2D eigenvalue weighted by molar-refractivity contribution is 5.85. The van der Waals surface area contributed by atoms with E-state index in [0.29, 0.717) is 0 Å². The summed E-state index contributed by atoms with van der Waals surface area (Å²) in [5, 5.41) is 0. The summed E-state index contributed by atoms with van der Waals surface area (Å²) in [4.78, 5) is 2.42. The van der Waals surface area contributed by atoms with Crippen LogP contribution in [0.3, 0.4) is 0 Å². The summed E-state index contributed by atoms with van der Waals surface area (Å²) in [5.41, 5.74) is 2.86. The lowest BCUT2D eigenvalue weighted by molar-refractivity contribution is 0.300. The third kappa shape index (κ3) is 2.02. The Labute approximate surface area is 91.3 Å². The molecule has 0 amide bonds. The van der Waals surface area contributed by atoms with E-state index in [1.54, 1.807) is 7.11 Å². The second kappa shape index (κ2) is 4.67. The molecule has 0 radical (unpaired) electrons. The van der Waals surface area contributed by atoms with E-state index in [4.69, 9.17) is 4.74 Å². The SMILES string of the molecule is CCN1Cc2ccc(OC)cc2C1.Cl. The number of hydrogen-bond donors (Lipinski definition) is 0. The molecule has 14 heavy (non-hydrogen) atoms. The van der Waals surface area contributed by atoms with E-state index in [2.05, 4.69) is 24.0 Å². The van der Waals surface area contributed by atoms with Crippen molar-refractivity contribution in [2.45, 2.75) is 20.0 Å². The van der Waals surface area contributed by atoms with Gasteiger partial charge in [0, 0.05) is 13.1 Å². The monoisotopic (exact) mass is 213 g/mol. The van der Waals surface area contributed by atoms with Gasteiger partial charge in [0.05, 0.1) is 7.11 Å². The maximum atomic E-state index is 5.19. The molecule has 3 heteroatoms. The summed E-state index contributed by atoms with van der Waals surface area (Å²) in [7, 11) is 1.72. The second-order valence-corrected chi connectivity index (χ2v) is 3.44. The van der Waals surface area contributed by atoms with Crippen molar-refractivity contribution in [3.05, 3.63) is 29.3 Å². The van der Waals surface area contributed by atoms with Crippen LogP contribution < -0.4 is 4.74 Å². The van der Waals surface area contributed by atoms with E-state index in [9.17, 15) is 0 Å². The van der Waals surface area contributed by atoms with Gasteiger partial charge in [0.25, 0.3) is 0 Å². The molecule has 0 aromatic heterocycles. The predicted molar refractivity (Wildman–Crippen MR) is 60.0 cm³/mol. The molecule has 0 saturated carbocycles. The Balaban J connectivity index is 0.000000980. The van der Waals surface area contributed by atoms with Crippen LogP contribution >= 0.6 is 12.4 Å². The van der Waals surface area contributed by atoms with E-state index in [1.165, 1.54) is 11.1 Å². The average Bonchev–Trinajstić information content (AvgIpc) is 2.58. The van der Waals surface area contributed by atoms with Crippen LogP contribution in [-0.4, -0.2) is 18.6 Å². The molecule has 1 aromatic rings. The van der Waals surface area contributed by atoms with Gasteiger partial charge >= 0.3 is 0 Å². The van der Waals surface area contributed by atoms with Gasteiger partial charge in [-0.25, -0.2) is 0 Å². The standard InChI is InChI=1S/C11H15NO.ClH/c1-3-12-7-9-4-5-11(13-2)6-10(9)8-12;/h4-6H,3,7-8H2,1-2H3;1H. The summed E-state index contributed by atoms with van der Waals surface area (Å²) in [6.45, 7) is 5.49. The van der Waals surface area contributed by atoms with Gasteiger partial charge in [0.15, 0.2) is 0 Å². The van der Waals surface area contributed by atoms with Crippen molar-refractivity contribution in [1.82, 2.24) is 4.90 Å². The predicted octanol–water partition coefficient (Wildman–Crippen LogP) is 2.45. The summed E-state index contributed by atoms with van der Waals surface area (Å²) < 4.78 is 5.19. The topological polar surface area (TPSA) is 12.5 Å². The van der Waals surface area contributed by atoms with E-state index in [-0.39, 0.29) is 12.4 Å². The van der Waals surface area contributed by atoms with Crippen LogP contribution in [0.25, 0.3) is 0 Å². The lowest BCUT2D eigenvalue weighted by Gasteiger charge is -2.09. The minimum absolute atomic E-state index is 0. The van der Waals surface area contributed by atoms with E-state index in [1.807, 2.05) is 6.07 Å². The number of fused-ring (bicyclic) bond motifs is 1. The number of methoxy groups -OCH3 is 1. The number of ether oxygens (including phenoxy) is 1. The summed E-state index contributed by atoms with van der Waals surface area (Å²) in [5.74, 6) is 0.969. The Morgan fingerprint density at radius 1 is 1.29 bits per heavy atom. The van der Waals surface area contributed by atoms with Gasteiger partial charge in [0.1, 0.15) is 5.75 Å². The van der Waals surface area contributed by atoms with E-state index in [0.717, 1.165) is 25.4 Å². The second-order valence-electron chi connectivity index (χ2n) is 3.44. The fourth-order valence-corrected chi connectivity index (χ4v) is 1.79. The molecule has 0 saturated heterocycles. The van der Waals surface area contributed by atoms with Crippen LogP contribution in [0, 0.1) is 0 Å². The third-order valence-corrected chi connectivity index (χ3v) is 2.65. The molecule has 1 aliphatic heterocycles. The van der Waals surface area contributed by atoms with Crippen molar-refractivity contribution >= 4 is 12.4 Å². The minimum Gasteiger partial charge on any atom is -0.497 e. The highest BCUT2D eigenvalue weighted by atomic mass is 35.5. The Morgan fingerprint density at radius 3 is 2.64 bits per heavy atom. The third-order valence-electron chi connectivity index (χ3n) is 2.65. The van der Waals surface area contributed by atoms with Gasteiger partial charge in [-0.15, -0.1) is 12.4 Å². The lowest BCUT2D eigenvalue weighted by Crippen LogP contribution is -2.14. The molecule has 0 aliphatic carbocycles. The molecule has 1 aromatic carbocycles. The number of rotatable bonds is 2. The molecule has 0 atom stereocenters. The van der Waals surface area contributed by atoms with E-state index < -0.39 is 0 Å². The van der Waals surface area contributed by atoms with Crippen molar-refractivity contribution in [1.29, 1.82) is 0 Å². The van der Waals surface area contributed by atoms with Gasteiger partial charge in [-0.3, -0.25) is 4.90 Å². The van der Waals surface area contributed by atoms with Crippen molar-refractivity contribution in [2.24, 2.45) is 0 Å². The fraction of sp³-hybridized carbons (Fsp3) is 0.455. The van der Waals surface area contributed by atoms with Gasteiger partial charge in [-0.2, -0.15) is 0 Å². The van der Waals surface area contributed by atoms with Crippen LogP contribution in [0.1, 0.15) is 18.1 Å². The van der Waals surface area contributed by atoms with Crippen LogP contribution in [0.4, 0.5) is 0 Å². The molecule has 78 valence electrons. The minimum atomic E-state index is 0. The Bertz CT molecular complexity index is 314. The molecule has 2 rings (SSSR count). The molecule has 1 aliphatic rings. The van der Waals surface area contributed by atoms with Crippen molar-refractivity contribution in [2.75, 3.05) is 13.7 Å². The Morgan fingerprint density at radius 2 is 2.00 bits per heavy atom. The zero-order valence-electron chi connectivity index (χ0n) is 8.62. The van der Waals surface area contributed by atoms with Crippen LogP contribution in [0.2, 0.25) is 0 Å². The molecule has 0 unspecified atom stereocenters. The highest BCUT2D eigenvalue weighted by Crippen LogP contribution is 2.25. The van der Waals surface area contributed by atoms with Crippen molar-refractivity contribution in [3.8, 4) is 5.75 Å². The van der Waals surface area contributed by atoms with Crippen LogP contribution in [0.5, 0.6) is 5.75 Å². The molecule has 1 heterocycles. The molecule has 0 spiro atoms. The molecule has 0 bridgehead atoms. The van der Waals surface area contributed by atoms with Crippen molar-refractivity contribution in [3.63, 3.8) is 0 Å². The number of hydrogen-bond acceptors (Lipinski definition) is 2. The van der Waals surface area contributed by atoms with Crippen LogP contribution in [0.15, 0.2) is 18.2 Å². The number of benzene rings is 1. The zero-order chi connectivity index (χ0) is 9.26.